The van der Waals surface area contributed by atoms with E-state index in [0.29, 0.717) is 16.9 Å². The fourth-order valence-corrected chi connectivity index (χ4v) is 4.20. The van der Waals surface area contributed by atoms with Crippen LogP contribution in [-0.2, 0) is 26.1 Å². The molecule has 0 saturated heterocycles. The van der Waals surface area contributed by atoms with Crippen LogP contribution in [0.4, 0.5) is 13.2 Å². The van der Waals surface area contributed by atoms with Crippen LogP contribution in [0.5, 0.6) is 0 Å². The van der Waals surface area contributed by atoms with Gasteiger partial charge < -0.3 is 9.88 Å². The maximum absolute atomic E-state index is 13.3. The molecule has 0 aromatic carbocycles. The molecule has 4 heterocycles. The molecule has 0 aliphatic carbocycles. The molecular formula is C24H27F3N6O2. The van der Waals surface area contributed by atoms with Gasteiger partial charge in [0.05, 0.1) is 24.1 Å². The van der Waals surface area contributed by atoms with Crippen LogP contribution in [-0.4, -0.2) is 36.0 Å². The van der Waals surface area contributed by atoms with E-state index in [9.17, 15) is 22.8 Å². The number of aromatic nitrogens is 5. The number of alkyl halides is 3. The molecular weight excluding hydrogens is 461 g/mol. The second-order valence-electron chi connectivity index (χ2n) is 8.81. The van der Waals surface area contributed by atoms with Crippen LogP contribution in [0.25, 0.3) is 5.69 Å². The normalized spacial score (nSPS) is 16.3. The van der Waals surface area contributed by atoms with Gasteiger partial charge in [-0.3, -0.25) is 18.8 Å². The van der Waals surface area contributed by atoms with Crippen molar-refractivity contribution in [3.8, 4) is 5.69 Å². The quantitative estimate of drug-likeness (QED) is 0.538. The molecule has 0 fully saturated rings. The maximum Gasteiger partial charge on any atom is 0.392 e. The first kappa shape index (κ1) is 24.5. The highest BCUT2D eigenvalue weighted by molar-refractivity contribution is 5.92. The molecule has 1 aliphatic rings. The number of rotatable bonds is 6. The number of hydrogen-bond donors (Lipinski definition) is 1. The number of amides is 1. The molecule has 186 valence electrons. The molecule has 35 heavy (non-hydrogen) atoms. The Bertz CT molecular complexity index is 1330. The number of fused-ring (bicyclic) bond motifs is 1. The molecule has 1 unspecified atom stereocenters. The van der Waals surface area contributed by atoms with Crippen molar-refractivity contribution < 1.29 is 18.0 Å². The van der Waals surface area contributed by atoms with Crippen molar-refractivity contribution in [3.63, 3.8) is 0 Å². The predicted molar refractivity (Wildman–Crippen MR) is 123 cm³/mol. The lowest BCUT2D eigenvalue weighted by Gasteiger charge is -2.26. The van der Waals surface area contributed by atoms with Gasteiger partial charge in [0.1, 0.15) is 11.4 Å². The highest BCUT2D eigenvalue weighted by Crippen LogP contribution is 2.35. The lowest BCUT2D eigenvalue weighted by molar-refractivity contribution is -0.179. The minimum absolute atomic E-state index is 0.0106. The Labute approximate surface area is 200 Å². The monoisotopic (exact) mass is 488 g/mol. The third-order valence-corrected chi connectivity index (χ3v) is 6.34. The van der Waals surface area contributed by atoms with Crippen molar-refractivity contribution >= 4 is 5.91 Å². The lowest BCUT2D eigenvalue weighted by Crippen LogP contribution is -2.34. The molecule has 4 rings (SSSR count). The van der Waals surface area contributed by atoms with Gasteiger partial charge in [0.25, 0.3) is 11.5 Å². The molecule has 1 amide bonds. The summed E-state index contributed by atoms with van der Waals surface area (Å²) in [4.78, 5) is 30.6. The summed E-state index contributed by atoms with van der Waals surface area (Å²) in [5.41, 5.74) is 2.82. The largest absolute Gasteiger partial charge is 0.392 e. The van der Waals surface area contributed by atoms with Crippen molar-refractivity contribution in [1.82, 2.24) is 29.2 Å². The fraction of sp³-hybridized carbons (Fsp3) is 0.417. The van der Waals surface area contributed by atoms with Crippen LogP contribution in [0.15, 0.2) is 47.3 Å². The van der Waals surface area contributed by atoms with Crippen molar-refractivity contribution in [2.24, 2.45) is 5.92 Å². The van der Waals surface area contributed by atoms with Crippen LogP contribution in [0.3, 0.4) is 0 Å². The number of allylic oxidation sites excluding steroid dienone is 2. The van der Waals surface area contributed by atoms with Gasteiger partial charge in [0, 0.05) is 43.5 Å². The highest BCUT2D eigenvalue weighted by atomic mass is 19.4. The Kier molecular flexibility index (Phi) is 6.68. The van der Waals surface area contributed by atoms with E-state index >= 15 is 0 Å². The summed E-state index contributed by atoms with van der Waals surface area (Å²) in [5.74, 6) is -1.92. The Balaban J connectivity index is 1.59. The smallest absolute Gasteiger partial charge is 0.347 e. The van der Waals surface area contributed by atoms with Gasteiger partial charge >= 0.3 is 6.18 Å². The number of pyridine rings is 1. The predicted octanol–water partition coefficient (Wildman–Crippen LogP) is 3.56. The van der Waals surface area contributed by atoms with E-state index in [4.69, 9.17) is 0 Å². The average Bonchev–Trinajstić information content (AvgIpc) is 3.43. The molecule has 1 N–H and O–H groups in total. The number of halogens is 3. The first-order valence-electron chi connectivity index (χ1n) is 11.3. The van der Waals surface area contributed by atoms with E-state index in [2.05, 4.69) is 15.4 Å². The van der Waals surface area contributed by atoms with Crippen molar-refractivity contribution in [2.45, 2.75) is 59.4 Å². The molecule has 0 bridgehead atoms. The Morgan fingerprint density at radius 3 is 2.74 bits per heavy atom. The molecule has 0 saturated carbocycles. The summed E-state index contributed by atoms with van der Waals surface area (Å²) in [6.45, 7) is 5.94. The van der Waals surface area contributed by atoms with Gasteiger partial charge in [-0.1, -0.05) is 11.6 Å². The zero-order valence-electron chi connectivity index (χ0n) is 19.8. The number of nitrogens with one attached hydrogen (secondary N) is 1. The van der Waals surface area contributed by atoms with Gasteiger partial charge in [-0.05, 0) is 39.3 Å². The number of carbonyl (C=O) groups is 1. The summed E-state index contributed by atoms with van der Waals surface area (Å²) in [6, 6.07) is 3.13. The van der Waals surface area contributed by atoms with Gasteiger partial charge in [0.2, 0.25) is 0 Å². The minimum Gasteiger partial charge on any atom is -0.347 e. The summed E-state index contributed by atoms with van der Waals surface area (Å²) >= 11 is 0. The number of hydrogen-bond acceptors (Lipinski definition) is 4. The van der Waals surface area contributed by atoms with Crippen LogP contribution < -0.4 is 10.9 Å². The van der Waals surface area contributed by atoms with Crippen molar-refractivity contribution in [3.05, 3.63) is 75.5 Å². The summed E-state index contributed by atoms with van der Waals surface area (Å²) in [6.07, 6.45) is 2.17. The number of carbonyl (C=O) groups excluding carboxylic acids is 1. The third kappa shape index (κ3) is 5.08. The number of aryl methyl sites for hydroxylation is 2. The van der Waals surface area contributed by atoms with E-state index in [1.165, 1.54) is 17.1 Å². The maximum atomic E-state index is 13.3. The summed E-state index contributed by atoms with van der Waals surface area (Å²) < 4.78 is 44.3. The molecule has 1 aliphatic heterocycles. The molecule has 3 aromatic heterocycles. The van der Waals surface area contributed by atoms with Crippen LogP contribution in [0.2, 0.25) is 0 Å². The molecule has 3 aromatic rings. The van der Waals surface area contributed by atoms with Gasteiger partial charge in [0.15, 0.2) is 0 Å². The molecule has 8 nitrogen and oxygen atoms in total. The molecule has 1 atom stereocenters. The second-order valence-corrected chi connectivity index (χ2v) is 8.81. The van der Waals surface area contributed by atoms with Crippen molar-refractivity contribution in [2.75, 3.05) is 0 Å². The minimum atomic E-state index is -4.27. The first-order valence-corrected chi connectivity index (χ1v) is 11.3. The fourth-order valence-electron chi connectivity index (χ4n) is 4.20. The standard InChI is InChI=1S/C24H27F3N6O2/c1-4-15(2)12-32-19(5-6-20(23(32)35)31-13-16(3)29-14-31)22(34)28-10-17-11-30-33-8-7-18(9-21(17)33)24(25,26)27/h4-6,11,13-14,18H,7-10,12H2,1-3H3,(H,28,34)/b15-4-. The number of imidazole rings is 1. The topological polar surface area (TPSA) is 86.7 Å². The van der Waals surface area contributed by atoms with E-state index < -0.39 is 18.0 Å². The Morgan fingerprint density at radius 2 is 2.09 bits per heavy atom. The van der Waals surface area contributed by atoms with E-state index in [1.807, 2.05) is 26.8 Å². The SMILES string of the molecule is C/C=C(/C)Cn1c(C(=O)NCc2cnn3c2CC(C(F)(F)F)CC3)ccc(-n2cnc(C)c2)c1=O. The van der Waals surface area contributed by atoms with E-state index in [1.54, 1.807) is 27.6 Å². The average molecular weight is 489 g/mol. The lowest BCUT2D eigenvalue weighted by atomic mass is 9.94. The van der Waals surface area contributed by atoms with Crippen LogP contribution in [0, 0.1) is 12.8 Å². The van der Waals surface area contributed by atoms with Crippen LogP contribution >= 0.6 is 0 Å². The first-order chi connectivity index (χ1) is 16.6. The molecule has 0 spiro atoms. The van der Waals surface area contributed by atoms with Gasteiger partial charge in [-0.2, -0.15) is 18.3 Å². The molecule has 0 radical (unpaired) electrons. The zero-order valence-corrected chi connectivity index (χ0v) is 19.8. The van der Waals surface area contributed by atoms with Crippen molar-refractivity contribution in [1.29, 1.82) is 0 Å². The van der Waals surface area contributed by atoms with E-state index in [-0.39, 0.29) is 43.7 Å². The van der Waals surface area contributed by atoms with Gasteiger partial charge in [-0.25, -0.2) is 4.98 Å². The highest BCUT2D eigenvalue weighted by Gasteiger charge is 2.42. The van der Waals surface area contributed by atoms with E-state index in [0.717, 1.165) is 11.3 Å². The van der Waals surface area contributed by atoms with Crippen LogP contribution in [0.1, 0.15) is 47.7 Å². The van der Waals surface area contributed by atoms with Gasteiger partial charge in [-0.15, -0.1) is 0 Å². The third-order valence-electron chi connectivity index (χ3n) is 6.34. The summed E-state index contributed by atoms with van der Waals surface area (Å²) in [7, 11) is 0. The second kappa shape index (κ2) is 9.55. The number of nitrogens with zero attached hydrogens (tertiary/aromatic N) is 5. The zero-order chi connectivity index (χ0) is 25.3. The molecule has 11 heteroatoms. The summed E-state index contributed by atoms with van der Waals surface area (Å²) in [5, 5.41) is 6.94. The Hall–Kier alpha value is -3.63. The Morgan fingerprint density at radius 1 is 1.31 bits per heavy atom.